The second-order valence-corrected chi connectivity index (χ2v) is 4.31. The number of rotatable bonds is 6. The van der Waals surface area contributed by atoms with Gasteiger partial charge in [-0.15, -0.1) is 0 Å². The number of anilines is 1. The minimum absolute atomic E-state index is 0.0700. The van der Waals surface area contributed by atoms with Crippen LogP contribution in [-0.2, 0) is 9.53 Å². The summed E-state index contributed by atoms with van der Waals surface area (Å²) >= 11 is 0. The molecule has 0 saturated carbocycles. The van der Waals surface area contributed by atoms with Gasteiger partial charge in [-0.2, -0.15) is 4.98 Å². The molecule has 1 aromatic rings. The van der Waals surface area contributed by atoms with Crippen molar-refractivity contribution in [3.05, 3.63) is 12.0 Å². The van der Waals surface area contributed by atoms with E-state index in [0.717, 1.165) is 0 Å². The van der Waals surface area contributed by atoms with Gasteiger partial charge >= 0.3 is 5.97 Å². The molecular weight excluding hydrogens is 250 g/mol. The number of nitrogens with one attached hydrogen (secondary N) is 1. The molecule has 7 nitrogen and oxygen atoms in total. The molecule has 0 saturated heterocycles. The van der Waals surface area contributed by atoms with E-state index in [4.69, 9.17) is 9.15 Å². The Kier molecular flexibility index (Phi) is 5.35. The van der Waals surface area contributed by atoms with Gasteiger partial charge in [0.1, 0.15) is 12.8 Å². The van der Waals surface area contributed by atoms with Gasteiger partial charge in [-0.25, -0.2) is 4.79 Å². The first kappa shape index (κ1) is 15.0. The van der Waals surface area contributed by atoms with E-state index in [1.54, 1.807) is 14.0 Å². The molecule has 19 heavy (non-hydrogen) atoms. The third kappa shape index (κ3) is 4.61. The third-order valence-electron chi connectivity index (χ3n) is 2.13. The van der Waals surface area contributed by atoms with Gasteiger partial charge < -0.3 is 19.4 Å². The van der Waals surface area contributed by atoms with Gasteiger partial charge in [0.2, 0.25) is 5.91 Å². The Morgan fingerprint density at radius 3 is 2.79 bits per heavy atom. The summed E-state index contributed by atoms with van der Waals surface area (Å²) in [5.74, 6) is -0.689. The Hall–Kier alpha value is -2.05. The molecule has 0 aliphatic carbocycles. The highest BCUT2D eigenvalue weighted by atomic mass is 16.5. The van der Waals surface area contributed by atoms with Gasteiger partial charge in [-0.3, -0.25) is 4.79 Å². The predicted molar refractivity (Wildman–Crippen MR) is 69.0 cm³/mol. The van der Waals surface area contributed by atoms with Gasteiger partial charge in [0.15, 0.2) is 5.69 Å². The molecule has 0 atom stereocenters. The predicted octanol–water partition coefficient (Wildman–Crippen LogP) is 0.812. The van der Waals surface area contributed by atoms with Crippen LogP contribution in [0, 0.1) is 0 Å². The summed E-state index contributed by atoms with van der Waals surface area (Å²) in [4.78, 5) is 28.5. The summed E-state index contributed by atoms with van der Waals surface area (Å²) in [6, 6.07) is 0.266. The highest BCUT2D eigenvalue weighted by Crippen LogP contribution is 2.12. The van der Waals surface area contributed by atoms with Crippen LogP contribution < -0.4 is 10.2 Å². The van der Waals surface area contributed by atoms with Gasteiger partial charge in [0.25, 0.3) is 6.01 Å². The molecule has 0 radical (unpaired) electrons. The summed E-state index contributed by atoms with van der Waals surface area (Å²) in [5, 5.41) is 2.75. The van der Waals surface area contributed by atoms with Crippen molar-refractivity contribution in [1.29, 1.82) is 0 Å². The molecule has 1 amide bonds. The number of carbonyl (C=O) groups is 2. The Labute approximate surface area is 111 Å². The lowest BCUT2D eigenvalue weighted by Crippen LogP contribution is -2.38. The first-order valence-electron chi connectivity index (χ1n) is 6.07. The van der Waals surface area contributed by atoms with E-state index in [-0.39, 0.29) is 36.8 Å². The second kappa shape index (κ2) is 6.77. The van der Waals surface area contributed by atoms with Crippen molar-refractivity contribution < 1.29 is 18.7 Å². The minimum Gasteiger partial charge on any atom is -0.461 e. The number of nitrogens with zero attached hydrogens (tertiary/aromatic N) is 2. The number of hydrogen-bond donors (Lipinski definition) is 1. The molecule has 1 rings (SSSR count). The zero-order valence-electron chi connectivity index (χ0n) is 11.6. The average molecular weight is 269 g/mol. The molecule has 0 bridgehead atoms. The smallest absolute Gasteiger partial charge is 0.360 e. The molecule has 0 aliphatic heterocycles. The van der Waals surface area contributed by atoms with Crippen LogP contribution >= 0.6 is 0 Å². The number of esters is 1. The SMILES string of the molecule is CCOC(=O)c1coc(N(C)CC(=O)NC(C)C)n1. The highest BCUT2D eigenvalue weighted by molar-refractivity contribution is 5.87. The van der Waals surface area contributed by atoms with Crippen molar-refractivity contribution in [2.24, 2.45) is 0 Å². The average Bonchev–Trinajstić information content (AvgIpc) is 2.77. The maximum Gasteiger partial charge on any atom is 0.360 e. The number of aromatic nitrogens is 1. The first-order chi connectivity index (χ1) is 8.93. The number of hydrogen-bond acceptors (Lipinski definition) is 6. The standard InChI is InChI=1S/C12H19N3O4/c1-5-18-11(17)9-7-19-12(14-9)15(4)6-10(16)13-8(2)3/h7-8H,5-6H2,1-4H3,(H,13,16). The summed E-state index contributed by atoms with van der Waals surface area (Å²) in [6.45, 7) is 5.83. The second-order valence-electron chi connectivity index (χ2n) is 4.31. The van der Waals surface area contributed by atoms with Crippen LogP contribution in [0.25, 0.3) is 0 Å². The summed E-state index contributed by atoms with van der Waals surface area (Å²) < 4.78 is 9.93. The zero-order valence-corrected chi connectivity index (χ0v) is 11.6. The van der Waals surface area contributed by atoms with Crippen molar-refractivity contribution in [1.82, 2.24) is 10.3 Å². The van der Waals surface area contributed by atoms with Crippen LogP contribution in [0.3, 0.4) is 0 Å². The number of oxazole rings is 1. The van der Waals surface area contributed by atoms with Gasteiger partial charge in [-0.05, 0) is 20.8 Å². The fraction of sp³-hybridized carbons (Fsp3) is 0.583. The van der Waals surface area contributed by atoms with Crippen LogP contribution in [0.15, 0.2) is 10.7 Å². The maximum absolute atomic E-state index is 11.6. The van der Waals surface area contributed by atoms with Crippen LogP contribution in [0.2, 0.25) is 0 Å². The summed E-state index contributed by atoms with van der Waals surface area (Å²) in [7, 11) is 1.65. The lowest BCUT2D eigenvalue weighted by Gasteiger charge is -2.15. The minimum atomic E-state index is -0.544. The molecule has 1 heterocycles. The van der Waals surface area contributed by atoms with E-state index in [1.165, 1.54) is 11.2 Å². The normalized spacial score (nSPS) is 10.4. The fourth-order valence-corrected chi connectivity index (χ4v) is 1.39. The van der Waals surface area contributed by atoms with E-state index in [2.05, 4.69) is 10.3 Å². The Morgan fingerprint density at radius 1 is 1.53 bits per heavy atom. The Morgan fingerprint density at radius 2 is 2.21 bits per heavy atom. The number of carbonyl (C=O) groups excluding carboxylic acids is 2. The number of amides is 1. The van der Waals surface area contributed by atoms with E-state index in [9.17, 15) is 9.59 Å². The molecule has 0 aliphatic rings. The van der Waals surface area contributed by atoms with Crippen molar-refractivity contribution in [3.8, 4) is 0 Å². The molecular formula is C12H19N3O4. The van der Waals surface area contributed by atoms with Crippen LogP contribution in [0.5, 0.6) is 0 Å². The molecule has 0 aromatic carbocycles. The van der Waals surface area contributed by atoms with Crippen molar-refractivity contribution in [2.45, 2.75) is 26.8 Å². The van der Waals surface area contributed by atoms with E-state index in [1.807, 2.05) is 13.8 Å². The number of likely N-dealkylation sites (N-methyl/N-ethyl adjacent to an activating group) is 1. The van der Waals surface area contributed by atoms with Gasteiger partial charge in [-0.1, -0.05) is 0 Å². The molecule has 1 N–H and O–H groups in total. The molecule has 1 aromatic heterocycles. The van der Waals surface area contributed by atoms with Gasteiger partial charge in [0.05, 0.1) is 6.61 Å². The summed E-state index contributed by atoms with van der Waals surface area (Å²) in [5.41, 5.74) is 0.0907. The lowest BCUT2D eigenvalue weighted by atomic mass is 10.4. The van der Waals surface area contributed by atoms with Crippen LogP contribution in [0.4, 0.5) is 6.01 Å². The third-order valence-corrected chi connectivity index (χ3v) is 2.13. The maximum atomic E-state index is 11.6. The van der Waals surface area contributed by atoms with E-state index in [0.29, 0.717) is 0 Å². The highest BCUT2D eigenvalue weighted by Gasteiger charge is 2.17. The zero-order chi connectivity index (χ0) is 14.4. The molecule has 106 valence electrons. The Bertz CT molecular complexity index is 442. The van der Waals surface area contributed by atoms with E-state index >= 15 is 0 Å². The monoisotopic (exact) mass is 269 g/mol. The number of ether oxygens (including phenoxy) is 1. The Balaban J connectivity index is 2.60. The van der Waals surface area contributed by atoms with Crippen LogP contribution in [-0.4, -0.2) is 43.1 Å². The lowest BCUT2D eigenvalue weighted by molar-refractivity contribution is -0.120. The largest absolute Gasteiger partial charge is 0.461 e. The molecule has 7 heteroatoms. The van der Waals surface area contributed by atoms with Crippen molar-refractivity contribution >= 4 is 17.9 Å². The molecule has 0 fully saturated rings. The quantitative estimate of drug-likeness (QED) is 0.769. The summed E-state index contributed by atoms with van der Waals surface area (Å²) in [6.07, 6.45) is 1.21. The topological polar surface area (TPSA) is 84.7 Å². The van der Waals surface area contributed by atoms with E-state index < -0.39 is 5.97 Å². The van der Waals surface area contributed by atoms with Crippen molar-refractivity contribution in [3.63, 3.8) is 0 Å². The molecule has 0 unspecified atom stereocenters. The fourth-order valence-electron chi connectivity index (χ4n) is 1.39. The van der Waals surface area contributed by atoms with Crippen molar-refractivity contribution in [2.75, 3.05) is 25.1 Å². The molecule has 0 spiro atoms. The van der Waals surface area contributed by atoms with Crippen LogP contribution in [0.1, 0.15) is 31.3 Å². The first-order valence-corrected chi connectivity index (χ1v) is 6.07. The van der Waals surface area contributed by atoms with Gasteiger partial charge in [0, 0.05) is 13.1 Å².